The Morgan fingerprint density at radius 1 is 1.14 bits per heavy atom. The molecule has 0 aromatic rings. The van der Waals surface area contributed by atoms with Crippen LogP contribution >= 0.6 is 12.4 Å². The van der Waals surface area contributed by atoms with Crippen molar-refractivity contribution in [2.24, 2.45) is 0 Å². The number of nitrogens with one attached hydrogen (secondary N) is 1. The van der Waals surface area contributed by atoms with Crippen LogP contribution in [0.4, 0.5) is 0 Å². The summed E-state index contributed by atoms with van der Waals surface area (Å²) in [6.07, 6.45) is 8.61. The standard InChI is InChI=1S/C16H31N3O.ClH/c1-3-11-19(15-9-10-17-12-15)13-16(20)18(2)14-7-5-4-6-8-14;/h14-15,17H,3-13H2,1-2H3;1H. The van der Waals surface area contributed by atoms with Crippen LogP contribution in [0.2, 0.25) is 0 Å². The van der Waals surface area contributed by atoms with Gasteiger partial charge in [-0.3, -0.25) is 9.69 Å². The average molecular weight is 318 g/mol. The van der Waals surface area contributed by atoms with Gasteiger partial charge in [-0.05, 0) is 38.8 Å². The first-order valence-corrected chi connectivity index (χ1v) is 8.42. The zero-order valence-corrected chi connectivity index (χ0v) is 14.5. The molecule has 2 rings (SSSR count). The van der Waals surface area contributed by atoms with E-state index >= 15 is 0 Å². The molecule has 0 spiro atoms. The van der Waals surface area contributed by atoms with Gasteiger partial charge >= 0.3 is 0 Å². The first kappa shape index (κ1) is 18.7. The fourth-order valence-electron chi connectivity index (χ4n) is 3.59. The third-order valence-electron chi connectivity index (χ3n) is 4.92. The van der Waals surface area contributed by atoms with Gasteiger partial charge in [0, 0.05) is 25.7 Å². The fraction of sp³-hybridized carbons (Fsp3) is 0.938. The van der Waals surface area contributed by atoms with Gasteiger partial charge in [0.25, 0.3) is 0 Å². The van der Waals surface area contributed by atoms with Crippen LogP contribution in [0.3, 0.4) is 0 Å². The lowest BCUT2D eigenvalue weighted by Crippen LogP contribution is -2.47. The highest BCUT2D eigenvalue weighted by molar-refractivity contribution is 5.85. The number of hydrogen-bond acceptors (Lipinski definition) is 3. The molecule has 1 aliphatic carbocycles. The number of hydrogen-bond donors (Lipinski definition) is 1. The fourth-order valence-corrected chi connectivity index (χ4v) is 3.59. The van der Waals surface area contributed by atoms with E-state index in [1.807, 2.05) is 11.9 Å². The summed E-state index contributed by atoms with van der Waals surface area (Å²) in [6, 6.07) is 1.04. The highest BCUT2D eigenvalue weighted by Gasteiger charge is 2.27. The van der Waals surface area contributed by atoms with Gasteiger partial charge in [-0.2, -0.15) is 0 Å². The van der Waals surface area contributed by atoms with Crippen LogP contribution in [0.15, 0.2) is 0 Å². The van der Waals surface area contributed by atoms with Crippen molar-refractivity contribution in [3.63, 3.8) is 0 Å². The van der Waals surface area contributed by atoms with Crippen LogP contribution in [0.25, 0.3) is 0 Å². The van der Waals surface area contributed by atoms with Gasteiger partial charge in [0.2, 0.25) is 5.91 Å². The third-order valence-corrected chi connectivity index (χ3v) is 4.92. The summed E-state index contributed by atoms with van der Waals surface area (Å²) in [5.41, 5.74) is 0. The largest absolute Gasteiger partial charge is 0.342 e. The number of amides is 1. The summed E-state index contributed by atoms with van der Waals surface area (Å²) in [5.74, 6) is 0.317. The maximum atomic E-state index is 12.5. The van der Waals surface area contributed by atoms with Gasteiger partial charge in [-0.25, -0.2) is 0 Å². The van der Waals surface area contributed by atoms with Gasteiger partial charge in [0.1, 0.15) is 0 Å². The van der Waals surface area contributed by atoms with E-state index in [0.29, 0.717) is 24.5 Å². The van der Waals surface area contributed by atoms with Crippen molar-refractivity contribution >= 4 is 18.3 Å². The molecule has 21 heavy (non-hydrogen) atoms. The Morgan fingerprint density at radius 3 is 2.43 bits per heavy atom. The maximum absolute atomic E-state index is 12.5. The summed E-state index contributed by atoms with van der Waals surface area (Å²) in [6.45, 7) is 5.98. The second-order valence-electron chi connectivity index (χ2n) is 6.41. The molecular weight excluding hydrogens is 286 g/mol. The average Bonchev–Trinajstić information content (AvgIpc) is 3.01. The minimum absolute atomic E-state index is 0. The molecule has 1 saturated carbocycles. The molecule has 1 heterocycles. The number of nitrogens with zero attached hydrogens (tertiary/aromatic N) is 2. The lowest BCUT2D eigenvalue weighted by molar-refractivity contribution is -0.134. The van der Waals surface area contributed by atoms with Crippen LogP contribution < -0.4 is 5.32 Å². The lowest BCUT2D eigenvalue weighted by Gasteiger charge is -2.34. The highest BCUT2D eigenvalue weighted by atomic mass is 35.5. The number of halogens is 1. The van der Waals surface area contributed by atoms with Crippen LogP contribution in [-0.2, 0) is 4.79 Å². The van der Waals surface area contributed by atoms with Gasteiger partial charge in [0.05, 0.1) is 6.54 Å². The topological polar surface area (TPSA) is 35.6 Å². The van der Waals surface area contributed by atoms with E-state index in [1.54, 1.807) is 0 Å². The van der Waals surface area contributed by atoms with Crippen LogP contribution in [0.5, 0.6) is 0 Å². The molecule has 4 nitrogen and oxygen atoms in total. The van der Waals surface area contributed by atoms with Crippen molar-refractivity contribution in [2.45, 2.75) is 64.0 Å². The monoisotopic (exact) mass is 317 g/mol. The van der Waals surface area contributed by atoms with Gasteiger partial charge in [-0.15, -0.1) is 12.4 Å². The number of likely N-dealkylation sites (N-methyl/N-ethyl adjacent to an activating group) is 1. The number of carbonyl (C=O) groups excluding carboxylic acids is 1. The zero-order valence-electron chi connectivity index (χ0n) is 13.6. The molecule has 1 amide bonds. The van der Waals surface area contributed by atoms with Crippen LogP contribution in [0, 0.1) is 0 Å². The van der Waals surface area contributed by atoms with E-state index in [4.69, 9.17) is 0 Å². The molecule has 124 valence electrons. The van der Waals surface area contributed by atoms with Gasteiger partial charge in [0.15, 0.2) is 0 Å². The molecular formula is C16H32ClN3O. The van der Waals surface area contributed by atoms with Gasteiger partial charge < -0.3 is 10.2 Å². The first-order valence-electron chi connectivity index (χ1n) is 8.42. The second-order valence-corrected chi connectivity index (χ2v) is 6.41. The minimum atomic E-state index is 0. The maximum Gasteiger partial charge on any atom is 0.236 e. The minimum Gasteiger partial charge on any atom is -0.342 e. The smallest absolute Gasteiger partial charge is 0.236 e. The van der Waals surface area contributed by atoms with E-state index in [2.05, 4.69) is 17.1 Å². The van der Waals surface area contributed by atoms with Gasteiger partial charge in [-0.1, -0.05) is 26.2 Å². The molecule has 0 radical (unpaired) electrons. The normalized spacial score (nSPS) is 23.1. The van der Waals surface area contributed by atoms with E-state index < -0.39 is 0 Å². The van der Waals surface area contributed by atoms with Crippen molar-refractivity contribution in [3.05, 3.63) is 0 Å². The van der Waals surface area contributed by atoms with Crippen LogP contribution in [0.1, 0.15) is 51.9 Å². The molecule has 5 heteroatoms. The predicted molar refractivity (Wildman–Crippen MR) is 90.0 cm³/mol. The Balaban J connectivity index is 0.00000220. The van der Waals surface area contributed by atoms with E-state index in [9.17, 15) is 4.79 Å². The van der Waals surface area contributed by atoms with E-state index in [0.717, 1.165) is 26.1 Å². The Morgan fingerprint density at radius 2 is 1.86 bits per heavy atom. The molecule has 2 aliphatic rings. The summed E-state index contributed by atoms with van der Waals surface area (Å²) in [5, 5.41) is 3.41. The summed E-state index contributed by atoms with van der Waals surface area (Å²) >= 11 is 0. The molecule has 0 bridgehead atoms. The highest BCUT2D eigenvalue weighted by Crippen LogP contribution is 2.22. The zero-order chi connectivity index (χ0) is 14.4. The quantitative estimate of drug-likeness (QED) is 0.816. The Labute approximate surface area is 136 Å². The second kappa shape index (κ2) is 9.65. The molecule has 1 atom stereocenters. The molecule has 2 fully saturated rings. The van der Waals surface area contributed by atoms with Crippen molar-refractivity contribution in [2.75, 3.05) is 33.2 Å². The number of carbonyl (C=O) groups is 1. The van der Waals surface area contributed by atoms with Crippen LogP contribution in [-0.4, -0.2) is 61.0 Å². The summed E-state index contributed by atoms with van der Waals surface area (Å²) < 4.78 is 0. The molecule has 1 saturated heterocycles. The Hall–Kier alpha value is -0.320. The summed E-state index contributed by atoms with van der Waals surface area (Å²) in [4.78, 5) is 17.0. The SMILES string of the molecule is CCCN(CC(=O)N(C)C1CCCCC1)C1CCNC1.Cl. The molecule has 1 aliphatic heterocycles. The first-order chi connectivity index (χ1) is 9.72. The Bertz CT molecular complexity index is 302. The van der Waals surface area contributed by atoms with E-state index in [1.165, 1.54) is 38.5 Å². The third kappa shape index (κ3) is 5.42. The summed E-state index contributed by atoms with van der Waals surface area (Å²) in [7, 11) is 2.01. The molecule has 1 N–H and O–H groups in total. The number of rotatable bonds is 6. The van der Waals surface area contributed by atoms with Crippen molar-refractivity contribution < 1.29 is 4.79 Å². The van der Waals surface area contributed by atoms with Crippen molar-refractivity contribution in [3.8, 4) is 0 Å². The Kier molecular flexibility index (Phi) is 8.60. The molecule has 0 aromatic carbocycles. The molecule has 0 aromatic heterocycles. The predicted octanol–water partition coefficient (Wildman–Crippen LogP) is 2.27. The molecule has 1 unspecified atom stereocenters. The van der Waals surface area contributed by atoms with E-state index in [-0.39, 0.29) is 12.4 Å². The lowest BCUT2D eigenvalue weighted by atomic mass is 9.94. The van der Waals surface area contributed by atoms with Crippen molar-refractivity contribution in [1.82, 2.24) is 15.1 Å². The van der Waals surface area contributed by atoms with Crippen molar-refractivity contribution in [1.29, 1.82) is 0 Å².